The molecule has 92 valence electrons. The van der Waals surface area contributed by atoms with Crippen molar-refractivity contribution in [3.05, 3.63) is 28.8 Å². The SMILES string of the molecule is COc1ccc(C(=O)NC2CCCC2)cc1Cl. The van der Waals surface area contributed by atoms with Crippen molar-refractivity contribution >= 4 is 17.5 Å². The highest BCUT2D eigenvalue weighted by atomic mass is 35.5. The van der Waals surface area contributed by atoms with Crippen molar-refractivity contribution in [1.29, 1.82) is 0 Å². The lowest BCUT2D eigenvalue weighted by Gasteiger charge is -2.12. The Hall–Kier alpha value is -1.22. The lowest BCUT2D eigenvalue weighted by atomic mass is 10.1. The second-order valence-electron chi connectivity index (χ2n) is 4.30. The molecule has 0 unspecified atom stereocenters. The molecular formula is C13H16ClNO2. The smallest absolute Gasteiger partial charge is 0.251 e. The lowest BCUT2D eigenvalue weighted by molar-refractivity contribution is 0.0938. The Morgan fingerprint density at radius 1 is 1.41 bits per heavy atom. The molecule has 4 heteroatoms. The van der Waals surface area contributed by atoms with Gasteiger partial charge < -0.3 is 10.1 Å². The fourth-order valence-corrected chi connectivity index (χ4v) is 2.40. The molecule has 3 nitrogen and oxygen atoms in total. The van der Waals surface area contributed by atoms with Gasteiger partial charge in [-0.3, -0.25) is 4.79 Å². The molecule has 2 rings (SSSR count). The second kappa shape index (κ2) is 5.41. The summed E-state index contributed by atoms with van der Waals surface area (Å²) in [5.74, 6) is 0.533. The van der Waals surface area contributed by atoms with Crippen LogP contribution in [-0.2, 0) is 0 Å². The fraction of sp³-hybridized carbons (Fsp3) is 0.462. The molecule has 1 amide bonds. The van der Waals surface area contributed by atoms with E-state index >= 15 is 0 Å². The van der Waals surface area contributed by atoms with Gasteiger partial charge >= 0.3 is 0 Å². The molecule has 17 heavy (non-hydrogen) atoms. The van der Waals surface area contributed by atoms with Crippen molar-refractivity contribution in [2.75, 3.05) is 7.11 Å². The van der Waals surface area contributed by atoms with Gasteiger partial charge in [-0.15, -0.1) is 0 Å². The Balaban J connectivity index is 2.05. The topological polar surface area (TPSA) is 38.3 Å². The molecule has 1 saturated carbocycles. The summed E-state index contributed by atoms with van der Waals surface area (Å²) in [4.78, 5) is 11.9. The van der Waals surface area contributed by atoms with Crippen LogP contribution in [0, 0.1) is 0 Å². The van der Waals surface area contributed by atoms with Gasteiger partial charge in [-0.2, -0.15) is 0 Å². The molecule has 0 aromatic heterocycles. The Morgan fingerprint density at radius 3 is 2.71 bits per heavy atom. The van der Waals surface area contributed by atoms with Crippen LogP contribution >= 0.6 is 11.6 Å². The second-order valence-corrected chi connectivity index (χ2v) is 4.71. The first kappa shape index (κ1) is 12.2. The Morgan fingerprint density at radius 2 is 2.12 bits per heavy atom. The number of methoxy groups -OCH3 is 1. The quantitative estimate of drug-likeness (QED) is 0.899. The summed E-state index contributed by atoms with van der Waals surface area (Å²) in [5, 5.41) is 3.49. The zero-order valence-electron chi connectivity index (χ0n) is 9.83. The number of hydrogen-bond donors (Lipinski definition) is 1. The number of benzene rings is 1. The van der Waals surface area contributed by atoms with E-state index in [2.05, 4.69) is 5.32 Å². The number of ether oxygens (including phenoxy) is 1. The zero-order chi connectivity index (χ0) is 12.3. The van der Waals surface area contributed by atoms with Crippen LogP contribution in [0.2, 0.25) is 5.02 Å². The van der Waals surface area contributed by atoms with Gasteiger partial charge in [-0.1, -0.05) is 24.4 Å². The largest absolute Gasteiger partial charge is 0.495 e. The third-order valence-corrected chi connectivity index (χ3v) is 3.40. The first-order valence-electron chi connectivity index (χ1n) is 5.85. The number of carbonyl (C=O) groups excluding carboxylic acids is 1. The molecule has 1 N–H and O–H groups in total. The van der Waals surface area contributed by atoms with Crippen molar-refractivity contribution < 1.29 is 9.53 Å². The van der Waals surface area contributed by atoms with Crippen molar-refractivity contribution in [2.45, 2.75) is 31.7 Å². The first-order valence-corrected chi connectivity index (χ1v) is 6.23. The van der Waals surface area contributed by atoms with Crippen molar-refractivity contribution in [3.8, 4) is 5.75 Å². The molecule has 1 fully saturated rings. The maximum atomic E-state index is 11.9. The highest BCUT2D eigenvalue weighted by Crippen LogP contribution is 2.25. The number of hydrogen-bond acceptors (Lipinski definition) is 2. The van der Waals surface area contributed by atoms with Crippen LogP contribution in [0.3, 0.4) is 0 Å². The average molecular weight is 254 g/mol. The van der Waals surface area contributed by atoms with Crippen LogP contribution in [0.4, 0.5) is 0 Å². The van der Waals surface area contributed by atoms with Gasteiger partial charge in [0.1, 0.15) is 5.75 Å². The Bertz CT molecular complexity index is 414. The third-order valence-electron chi connectivity index (χ3n) is 3.10. The predicted octanol–water partition coefficient (Wildman–Crippen LogP) is 3.02. The van der Waals surface area contributed by atoms with Gasteiger partial charge in [0.2, 0.25) is 0 Å². The number of amides is 1. The summed E-state index contributed by atoms with van der Waals surface area (Å²) in [6.45, 7) is 0. The van der Waals surface area contributed by atoms with Crippen LogP contribution in [0.15, 0.2) is 18.2 Å². The molecule has 0 radical (unpaired) electrons. The molecular weight excluding hydrogens is 238 g/mol. The summed E-state index contributed by atoms with van der Waals surface area (Å²) >= 11 is 5.99. The summed E-state index contributed by atoms with van der Waals surface area (Å²) in [5.41, 5.74) is 0.586. The summed E-state index contributed by atoms with van der Waals surface area (Å²) in [6.07, 6.45) is 4.56. The molecule has 1 aromatic rings. The molecule has 0 bridgehead atoms. The van der Waals surface area contributed by atoms with Crippen molar-refractivity contribution in [3.63, 3.8) is 0 Å². The highest BCUT2D eigenvalue weighted by Gasteiger charge is 2.18. The van der Waals surface area contributed by atoms with E-state index in [1.165, 1.54) is 12.8 Å². The predicted molar refractivity (Wildman–Crippen MR) is 67.7 cm³/mol. The van der Waals surface area contributed by atoms with Crippen molar-refractivity contribution in [2.24, 2.45) is 0 Å². The van der Waals surface area contributed by atoms with Crippen LogP contribution in [0.5, 0.6) is 5.75 Å². The molecule has 1 aliphatic carbocycles. The molecule has 1 aromatic carbocycles. The summed E-state index contributed by atoms with van der Waals surface area (Å²) < 4.78 is 5.05. The Kier molecular flexibility index (Phi) is 3.89. The Labute approximate surface area is 106 Å². The minimum atomic E-state index is -0.0542. The molecule has 1 aliphatic rings. The number of rotatable bonds is 3. The maximum Gasteiger partial charge on any atom is 0.251 e. The summed E-state index contributed by atoms with van der Waals surface area (Å²) in [7, 11) is 1.56. The van der Waals surface area contributed by atoms with Gasteiger partial charge in [0.25, 0.3) is 5.91 Å². The van der Waals surface area contributed by atoms with Crippen LogP contribution in [0.1, 0.15) is 36.0 Å². The van der Waals surface area contributed by atoms with E-state index in [4.69, 9.17) is 16.3 Å². The van der Waals surface area contributed by atoms with Crippen LogP contribution in [0.25, 0.3) is 0 Å². The lowest BCUT2D eigenvalue weighted by Crippen LogP contribution is -2.32. The normalized spacial score (nSPS) is 15.9. The van der Waals surface area contributed by atoms with E-state index in [9.17, 15) is 4.79 Å². The third kappa shape index (κ3) is 2.91. The van der Waals surface area contributed by atoms with Gasteiger partial charge in [0.05, 0.1) is 12.1 Å². The van der Waals surface area contributed by atoms with Gasteiger partial charge in [0.15, 0.2) is 0 Å². The summed E-state index contributed by atoms with van der Waals surface area (Å²) in [6, 6.07) is 5.41. The average Bonchev–Trinajstić information content (AvgIpc) is 2.81. The molecule has 0 atom stereocenters. The zero-order valence-corrected chi connectivity index (χ0v) is 10.6. The fourth-order valence-electron chi connectivity index (χ4n) is 2.15. The molecule has 0 spiro atoms. The molecule has 0 aliphatic heterocycles. The number of nitrogens with one attached hydrogen (secondary N) is 1. The number of halogens is 1. The van der Waals surface area contributed by atoms with E-state index < -0.39 is 0 Å². The first-order chi connectivity index (χ1) is 8.20. The highest BCUT2D eigenvalue weighted by molar-refractivity contribution is 6.32. The van der Waals surface area contributed by atoms with E-state index in [0.717, 1.165) is 12.8 Å². The minimum Gasteiger partial charge on any atom is -0.495 e. The molecule has 0 saturated heterocycles. The van der Waals surface area contributed by atoms with E-state index in [-0.39, 0.29) is 5.91 Å². The van der Waals surface area contributed by atoms with E-state index in [0.29, 0.717) is 22.4 Å². The van der Waals surface area contributed by atoms with Gasteiger partial charge in [0, 0.05) is 11.6 Å². The van der Waals surface area contributed by atoms with Crippen LogP contribution in [-0.4, -0.2) is 19.1 Å². The van der Waals surface area contributed by atoms with E-state index in [1.54, 1.807) is 25.3 Å². The number of carbonyl (C=O) groups is 1. The van der Waals surface area contributed by atoms with E-state index in [1.807, 2.05) is 0 Å². The molecule has 0 heterocycles. The van der Waals surface area contributed by atoms with Gasteiger partial charge in [-0.05, 0) is 31.0 Å². The van der Waals surface area contributed by atoms with Gasteiger partial charge in [-0.25, -0.2) is 0 Å². The monoisotopic (exact) mass is 253 g/mol. The van der Waals surface area contributed by atoms with Crippen LogP contribution < -0.4 is 10.1 Å². The standard InChI is InChI=1S/C13H16ClNO2/c1-17-12-7-6-9(8-11(12)14)13(16)15-10-4-2-3-5-10/h6-8,10H,2-5H2,1H3,(H,15,16). The maximum absolute atomic E-state index is 11.9. The minimum absolute atomic E-state index is 0.0542. The van der Waals surface area contributed by atoms with Crippen molar-refractivity contribution in [1.82, 2.24) is 5.32 Å².